The normalized spacial score (nSPS) is 25.4. The topological polar surface area (TPSA) is 27.7 Å². The largest absolute Gasteiger partial charge is 0.378 e. The molecule has 0 aliphatic carbocycles. The lowest BCUT2D eigenvalue weighted by atomic mass is 9.92. The van der Waals surface area contributed by atoms with Crippen molar-refractivity contribution >= 4 is 0 Å². The molecule has 0 spiro atoms. The Balaban J connectivity index is 2.23. The summed E-state index contributed by atoms with van der Waals surface area (Å²) in [6.45, 7) is 3.10. The summed E-state index contributed by atoms with van der Waals surface area (Å²) in [5.74, 6) is 0.495. The number of rotatable bonds is 8. The minimum Gasteiger partial charge on any atom is -0.378 e. The van der Waals surface area contributed by atoms with Crippen molar-refractivity contribution in [1.82, 2.24) is 0 Å². The van der Waals surface area contributed by atoms with Crippen LogP contribution in [0.2, 0.25) is 0 Å². The SMILES string of the molecule is CCCCCC[C@@H]1C[C@H](C(OC)OC)CCO1. The Kier molecular flexibility index (Phi) is 7.82. The van der Waals surface area contributed by atoms with Crippen LogP contribution in [-0.4, -0.2) is 33.2 Å². The zero-order valence-electron chi connectivity index (χ0n) is 11.6. The van der Waals surface area contributed by atoms with Gasteiger partial charge in [-0.15, -0.1) is 0 Å². The van der Waals surface area contributed by atoms with Gasteiger partial charge in [-0.25, -0.2) is 0 Å². The first-order valence-electron chi connectivity index (χ1n) is 6.99. The van der Waals surface area contributed by atoms with Crippen LogP contribution in [0, 0.1) is 5.92 Å². The van der Waals surface area contributed by atoms with Crippen molar-refractivity contribution in [3.8, 4) is 0 Å². The summed E-state index contributed by atoms with van der Waals surface area (Å²) in [4.78, 5) is 0. The summed E-state index contributed by atoms with van der Waals surface area (Å²) >= 11 is 0. The van der Waals surface area contributed by atoms with E-state index < -0.39 is 0 Å². The van der Waals surface area contributed by atoms with E-state index in [-0.39, 0.29) is 6.29 Å². The molecule has 0 aromatic carbocycles. The monoisotopic (exact) mass is 244 g/mol. The fraction of sp³-hybridized carbons (Fsp3) is 1.00. The van der Waals surface area contributed by atoms with Gasteiger partial charge in [0.15, 0.2) is 6.29 Å². The highest BCUT2D eigenvalue weighted by molar-refractivity contribution is 4.74. The first-order chi connectivity index (χ1) is 8.31. The Bertz CT molecular complexity index is 180. The average molecular weight is 244 g/mol. The Morgan fingerprint density at radius 2 is 1.94 bits per heavy atom. The average Bonchev–Trinajstić information content (AvgIpc) is 2.37. The summed E-state index contributed by atoms with van der Waals surface area (Å²) in [5, 5.41) is 0. The Labute approximate surface area is 106 Å². The van der Waals surface area contributed by atoms with Gasteiger partial charge in [0.05, 0.1) is 6.10 Å². The van der Waals surface area contributed by atoms with Crippen molar-refractivity contribution in [3.63, 3.8) is 0 Å². The van der Waals surface area contributed by atoms with Crippen LogP contribution in [0.15, 0.2) is 0 Å². The second-order valence-electron chi connectivity index (χ2n) is 4.97. The molecule has 1 heterocycles. The van der Waals surface area contributed by atoms with Gasteiger partial charge in [0.25, 0.3) is 0 Å². The second kappa shape index (κ2) is 8.90. The van der Waals surface area contributed by atoms with Gasteiger partial charge >= 0.3 is 0 Å². The lowest BCUT2D eigenvalue weighted by Gasteiger charge is -2.33. The van der Waals surface area contributed by atoms with Crippen molar-refractivity contribution in [2.75, 3.05) is 20.8 Å². The molecule has 3 nitrogen and oxygen atoms in total. The van der Waals surface area contributed by atoms with Crippen LogP contribution < -0.4 is 0 Å². The quantitative estimate of drug-likeness (QED) is 0.484. The number of hydrogen-bond acceptors (Lipinski definition) is 3. The maximum Gasteiger partial charge on any atom is 0.159 e. The van der Waals surface area contributed by atoms with E-state index >= 15 is 0 Å². The summed E-state index contributed by atoms with van der Waals surface area (Å²) in [5.41, 5.74) is 0. The van der Waals surface area contributed by atoms with E-state index in [4.69, 9.17) is 14.2 Å². The lowest BCUT2D eigenvalue weighted by molar-refractivity contribution is -0.165. The molecule has 0 bridgehead atoms. The van der Waals surface area contributed by atoms with Gasteiger partial charge in [-0.2, -0.15) is 0 Å². The molecule has 102 valence electrons. The van der Waals surface area contributed by atoms with Crippen LogP contribution in [0.5, 0.6) is 0 Å². The van der Waals surface area contributed by atoms with Crippen molar-refractivity contribution in [3.05, 3.63) is 0 Å². The van der Waals surface area contributed by atoms with Gasteiger partial charge in [-0.05, 0) is 19.3 Å². The van der Waals surface area contributed by atoms with Gasteiger partial charge in [-0.3, -0.25) is 0 Å². The molecule has 2 atom stereocenters. The Hall–Kier alpha value is -0.120. The lowest BCUT2D eigenvalue weighted by Crippen LogP contribution is -2.34. The molecule has 17 heavy (non-hydrogen) atoms. The number of hydrogen-bond donors (Lipinski definition) is 0. The molecular weight excluding hydrogens is 216 g/mol. The van der Waals surface area contributed by atoms with E-state index in [9.17, 15) is 0 Å². The van der Waals surface area contributed by atoms with Gasteiger partial charge < -0.3 is 14.2 Å². The highest BCUT2D eigenvalue weighted by Crippen LogP contribution is 2.27. The molecule has 0 aromatic heterocycles. The van der Waals surface area contributed by atoms with Gasteiger partial charge in [0.2, 0.25) is 0 Å². The summed E-state index contributed by atoms with van der Waals surface area (Å²) in [7, 11) is 3.44. The van der Waals surface area contributed by atoms with Crippen molar-refractivity contribution < 1.29 is 14.2 Å². The summed E-state index contributed by atoms with van der Waals surface area (Å²) < 4.78 is 16.5. The first-order valence-corrected chi connectivity index (χ1v) is 6.99. The van der Waals surface area contributed by atoms with Crippen molar-refractivity contribution in [2.24, 2.45) is 5.92 Å². The Morgan fingerprint density at radius 1 is 1.18 bits per heavy atom. The molecule has 1 rings (SSSR count). The number of ether oxygens (including phenoxy) is 3. The zero-order valence-corrected chi connectivity index (χ0v) is 11.6. The molecule has 0 amide bonds. The molecule has 1 aliphatic rings. The molecule has 0 unspecified atom stereocenters. The minimum atomic E-state index is -0.0583. The highest BCUT2D eigenvalue weighted by Gasteiger charge is 2.28. The third kappa shape index (κ3) is 5.36. The third-order valence-corrected chi connectivity index (χ3v) is 3.64. The molecular formula is C14H28O3. The van der Waals surface area contributed by atoms with Crippen LogP contribution in [0.25, 0.3) is 0 Å². The van der Waals surface area contributed by atoms with E-state index in [2.05, 4.69) is 6.92 Å². The van der Waals surface area contributed by atoms with E-state index in [1.807, 2.05) is 0 Å². The smallest absolute Gasteiger partial charge is 0.159 e. The number of unbranched alkanes of at least 4 members (excludes halogenated alkanes) is 3. The van der Waals surface area contributed by atoms with Crippen LogP contribution in [0.4, 0.5) is 0 Å². The first kappa shape index (κ1) is 14.9. The fourth-order valence-corrected chi connectivity index (χ4v) is 2.64. The summed E-state index contributed by atoms with van der Waals surface area (Å²) in [6, 6.07) is 0. The maximum atomic E-state index is 5.82. The molecule has 1 aliphatic heterocycles. The van der Waals surface area contributed by atoms with E-state index in [1.165, 1.54) is 32.1 Å². The standard InChI is InChI=1S/C14H28O3/c1-4-5-6-7-8-13-11-12(9-10-17-13)14(15-2)16-3/h12-14H,4-11H2,1-3H3/t12-,13-/m1/s1. The van der Waals surface area contributed by atoms with E-state index in [1.54, 1.807) is 14.2 Å². The molecule has 0 aromatic rings. The molecule has 0 saturated carbocycles. The van der Waals surface area contributed by atoms with Crippen LogP contribution >= 0.6 is 0 Å². The van der Waals surface area contributed by atoms with Gasteiger partial charge in [-0.1, -0.05) is 32.6 Å². The van der Waals surface area contributed by atoms with Crippen molar-refractivity contribution in [2.45, 2.75) is 64.3 Å². The second-order valence-corrected chi connectivity index (χ2v) is 4.97. The van der Waals surface area contributed by atoms with Crippen LogP contribution in [-0.2, 0) is 14.2 Å². The minimum absolute atomic E-state index is 0.0583. The molecule has 1 fully saturated rings. The van der Waals surface area contributed by atoms with Gasteiger partial charge in [0.1, 0.15) is 0 Å². The molecule has 1 saturated heterocycles. The zero-order chi connectivity index (χ0) is 12.5. The third-order valence-electron chi connectivity index (χ3n) is 3.64. The number of methoxy groups -OCH3 is 2. The summed E-state index contributed by atoms with van der Waals surface area (Å²) in [6.07, 6.45) is 8.94. The molecule has 0 radical (unpaired) electrons. The molecule has 3 heteroatoms. The van der Waals surface area contributed by atoms with Crippen molar-refractivity contribution in [1.29, 1.82) is 0 Å². The van der Waals surface area contributed by atoms with Gasteiger partial charge in [0, 0.05) is 26.7 Å². The predicted molar refractivity (Wildman–Crippen MR) is 69.0 cm³/mol. The Morgan fingerprint density at radius 3 is 2.59 bits per heavy atom. The maximum absolute atomic E-state index is 5.82. The molecule has 0 N–H and O–H groups in total. The van der Waals surface area contributed by atoms with E-state index in [0.29, 0.717) is 12.0 Å². The highest BCUT2D eigenvalue weighted by atomic mass is 16.7. The predicted octanol–water partition coefficient (Wildman–Crippen LogP) is 3.37. The van der Waals surface area contributed by atoms with E-state index in [0.717, 1.165) is 19.4 Å². The van der Waals surface area contributed by atoms with Crippen LogP contribution in [0.1, 0.15) is 51.9 Å². The fourth-order valence-electron chi connectivity index (χ4n) is 2.64. The van der Waals surface area contributed by atoms with Crippen LogP contribution in [0.3, 0.4) is 0 Å².